The summed E-state index contributed by atoms with van der Waals surface area (Å²) in [7, 11) is 0. The van der Waals surface area contributed by atoms with Crippen LogP contribution in [0.25, 0.3) is 0 Å². The Labute approximate surface area is 74.3 Å². The van der Waals surface area contributed by atoms with E-state index in [9.17, 15) is 0 Å². The highest BCUT2D eigenvalue weighted by molar-refractivity contribution is 7.12. The van der Waals surface area contributed by atoms with E-state index in [2.05, 4.69) is 0 Å². The van der Waals surface area contributed by atoms with E-state index < -0.39 is 0 Å². The Bertz CT molecular complexity index is 259. The number of rotatable bonds is 2. The van der Waals surface area contributed by atoms with Crippen molar-refractivity contribution >= 4 is 28.8 Å². The summed E-state index contributed by atoms with van der Waals surface area (Å²) >= 11 is 7.08. The molecule has 2 nitrogen and oxygen atoms in total. The van der Waals surface area contributed by atoms with Crippen molar-refractivity contribution in [2.45, 2.75) is 6.92 Å². The summed E-state index contributed by atoms with van der Waals surface area (Å²) in [5.41, 5.74) is 0. The highest BCUT2D eigenvalue weighted by atomic mass is 35.5. The maximum atomic E-state index is 7.37. The normalized spacial score (nSPS) is 9.64. The summed E-state index contributed by atoms with van der Waals surface area (Å²) in [6.07, 6.45) is 0. The second-order valence-electron chi connectivity index (χ2n) is 1.89. The van der Waals surface area contributed by atoms with Gasteiger partial charge in [0.25, 0.3) is 0 Å². The van der Waals surface area contributed by atoms with Crippen molar-refractivity contribution in [1.29, 1.82) is 5.41 Å². The van der Waals surface area contributed by atoms with E-state index in [1.165, 1.54) is 11.3 Å². The molecule has 0 saturated carbocycles. The summed E-state index contributed by atoms with van der Waals surface area (Å²) in [6, 6.07) is 1.73. The van der Waals surface area contributed by atoms with E-state index in [1.807, 2.05) is 6.92 Å². The molecule has 0 amide bonds. The third-order valence-electron chi connectivity index (χ3n) is 1.08. The van der Waals surface area contributed by atoms with Gasteiger partial charge in [0.15, 0.2) is 0 Å². The highest BCUT2D eigenvalue weighted by Crippen LogP contribution is 2.19. The third kappa shape index (κ3) is 2.20. The smallest absolute Gasteiger partial charge is 0.223 e. The molecule has 1 aromatic rings. The SMILES string of the molecule is CCOC(=N)c1cc(Cl)cs1. The zero-order valence-corrected chi connectivity index (χ0v) is 7.63. The fourth-order valence-corrected chi connectivity index (χ4v) is 1.62. The van der Waals surface area contributed by atoms with Gasteiger partial charge in [-0.3, -0.25) is 5.41 Å². The van der Waals surface area contributed by atoms with Crippen LogP contribution in [0.2, 0.25) is 5.02 Å². The lowest BCUT2D eigenvalue weighted by molar-refractivity contribution is 0.326. The van der Waals surface area contributed by atoms with Crippen LogP contribution in [0.3, 0.4) is 0 Å². The van der Waals surface area contributed by atoms with Crippen LogP contribution in [0, 0.1) is 5.41 Å². The van der Waals surface area contributed by atoms with Gasteiger partial charge in [0, 0.05) is 5.38 Å². The number of hydrogen-bond acceptors (Lipinski definition) is 3. The quantitative estimate of drug-likeness (QED) is 0.563. The lowest BCUT2D eigenvalue weighted by Gasteiger charge is -1.99. The number of hydrogen-bond donors (Lipinski definition) is 1. The summed E-state index contributed by atoms with van der Waals surface area (Å²) in [6.45, 7) is 2.37. The standard InChI is InChI=1S/C7H8ClNOS/c1-2-10-7(9)6-3-5(8)4-11-6/h3-4,9H,2H2,1H3. The molecule has 1 aromatic heterocycles. The number of halogens is 1. The molecule has 0 unspecified atom stereocenters. The fourth-order valence-electron chi connectivity index (χ4n) is 0.648. The zero-order chi connectivity index (χ0) is 8.27. The predicted octanol–water partition coefficient (Wildman–Crippen LogP) is 2.76. The first-order chi connectivity index (χ1) is 5.24. The van der Waals surface area contributed by atoms with Crippen molar-refractivity contribution in [3.63, 3.8) is 0 Å². The van der Waals surface area contributed by atoms with Crippen molar-refractivity contribution in [1.82, 2.24) is 0 Å². The lowest BCUT2D eigenvalue weighted by Crippen LogP contribution is -2.01. The van der Waals surface area contributed by atoms with E-state index in [-0.39, 0.29) is 5.90 Å². The maximum Gasteiger partial charge on any atom is 0.223 e. The summed E-state index contributed by atoms with van der Waals surface area (Å²) < 4.78 is 4.98. The van der Waals surface area contributed by atoms with Gasteiger partial charge in [-0.2, -0.15) is 0 Å². The molecule has 1 N–H and O–H groups in total. The topological polar surface area (TPSA) is 33.1 Å². The molecular weight excluding hydrogens is 182 g/mol. The van der Waals surface area contributed by atoms with E-state index in [0.29, 0.717) is 11.6 Å². The van der Waals surface area contributed by atoms with E-state index >= 15 is 0 Å². The van der Waals surface area contributed by atoms with Gasteiger partial charge in [0.1, 0.15) is 0 Å². The molecule has 4 heteroatoms. The molecule has 0 aliphatic heterocycles. The van der Waals surface area contributed by atoms with E-state index in [0.717, 1.165) is 4.88 Å². The van der Waals surface area contributed by atoms with Crippen molar-refractivity contribution in [2.75, 3.05) is 6.61 Å². The van der Waals surface area contributed by atoms with Gasteiger partial charge in [0.2, 0.25) is 5.90 Å². The highest BCUT2D eigenvalue weighted by Gasteiger charge is 2.03. The number of nitrogens with one attached hydrogen (secondary N) is 1. The maximum absolute atomic E-state index is 7.37. The van der Waals surface area contributed by atoms with Crippen LogP contribution in [0.15, 0.2) is 11.4 Å². The first-order valence-corrected chi connectivity index (χ1v) is 4.45. The minimum absolute atomic E-state index is 0.199. The zero-order valence-electron chi connectivity index (χ0n) is 6.06. The lowest BCUT2D eigenvalue weighted by atomic mass is 10.5. The van der Waals surface area contributed by atoms with Crippen LogP contribution in [-0.2, 0) is 4.74 Å². The van der Waals surface area contributed by atoms with Gasteiger partial charge < -0.3 is 4.74 Å². The Morgan fingerprint density at radius 3 is 3.00 bits per heavy atom. The van der Waals surface area contributed by atoms with E-state index in [1.54, 1.807) is 11.4 Å². The first kappa shape index (κ1) is 8.56. The molecule has 0 atom stereocenters. The molecule has 11 heavy (non-hydrogen) atoms. The molecule has 1 rings (SSSR count). The Balaban J connectivity index is 2.69. The Kier molecular flexibility index (Phi) is 2.91. The van der Waals surface area contributed by atoms with Gasteiger partial charge >= 0.3 is 0 Å². The van der Waals surface area contributed by atoms with Crippen molar-refractivity contribution in [2.24, 2.45) is 0 Å². The van der Waals surface area contributed by atoms with Gasteiger partial charge in [-0.15, -0.1) is 11.3 Å². The van der Waals surface area contributed by atoms with Crippen molar-refractivity contribution in [3.8, 4) is 0 Å². The largest absolute Gasteiger partial charge is 0.477 e. The molecule has 0 saturated heterocycles. The van der Waals surface area contributed by atoms with Crippen LogP contribution in [0.5, 0.6) is 0 Å². The Morgan fingerprint density at radius 2 is 2.55 bits per heavy atom. The minimum Gasteiger partial charge on any atom is -0.477 e. The van der Waals surface area contributed by atoms with Crippen LogP contribution in [0.1, 0.15) is 11.8 Å². The van der Waals surface area contributed by atoms with Crippen LogP contribution in [-0.4, -0.2) is 12.5 Å². The van der Waals surface area contributed by atoms with Crippen LogP contribution < -0.4 is 0 Å². The van der Waals surface area contributed by atoms with Gasteiger partial charge in [-0.05, 0) is 13.0 Å². The fraction of sp³-hybridized carbons (Fsp3) is 0.286. The molecule has 0 aliphatic carbocycles. The summed E-state index contributed by atoms with van der Waals surface area (Å²) in [5, 5.41) is 9.82. The number of ether oxygens (including phenoxy) is 1. The summed E-state index contributed by atoms with van der Waals surface area (Å²) in [5.74, 6) is 0.199. The van der Waals surface area contributed by atoms with Crippen LogP contribution >= 0.6 is 22.9 Å². The van der Waals surface area contributed by atoms with Crippen LogP contribution in [0.4, 0.5) is 0 Å². The second kappa shape index (κ2) is 3.74. The summed E-state index contributed by atoms with van der Waals surface area (Å²) in [4.78, 5) is 0.775. The first-order valence-electron chi connectivity index (χ1n) is 3.19. The number of thiophene rings is 1. The Morgan fingerprint density at radius 1 is 1.82 bits per heavy atom. The van der Waals surface area contributed by atoms with Gasteiger partial charge in [-0.1, -0.05) is 11.6 Å². The second-order valence-corrected chi connectivity index (χ2v) is 3.24. The molecule has 0 fully saturated rings. The molecule has 0 radical (unpaired) electrons. The predicted molar refractivity (Wildman–Crippen MR) is 47.8 cm³/mol. The van der Waals surface area contributed by atoms with Gasteiger partial charge in [-0.25, -0.2) is 0 Å². The minimum atomic E-state index is 0.199. The van der Waals surface area contributed by atoms with E-state index in [4.69, 9.17) is 21.7 Å². The Hall–Kier alpha value is -0.540. The monoisotopic (exact) mass is 189 g/mol. The average molecular weight is 190 g/mol. The molecule has 1 heterocycles. The molecular formula is C7H8ClNOS. The third-order valence-corrected chi connectivity index (χ3v) is 2.36. The molecule has 0 aliphatic rings. The average Bonchev–Trinajstić information content (AvgIpc) is 2.36. The van der Waals surface area contributed by atoms with Gasteiger partial charge in [0.05, 0.1) is 16.5 Å². The van der Waals surface area contributed by atoms with Crippen molar-refractivity contribution in [3.05, 3.63) is 21.3 Å². The molecule has 0 spiro atoms. The molecule has 0 bridgehead atoms. The van der Waals surface area contributed by atoms with Crippen molar-refractivity contribution < 1.29 is 4.74 Å². The molecule has 60 valence electrons. The molecule has 0 aromatic carbocycles.